The third kappa shape index (κ3) is 4.74. The summed E-state index contributed by atoms with van der Waals surface area (Å²) in [5, 5.41) is 0. The molecule has 0 aromatic carbocycles. The summed E-state index contributed by atoms with van der Waals surface area (Å²) >= 11 is 0. The lowest BCUT2D eigenvalue weighted by Gasteiger charge is -2.36. The first-order valence-electron chi connectivity index (χ1n) is 11.5. The SMILES string of the molecule is CCC(C)(C)C(=O)O[C@@H]1CO[C@@H]2[C@H]3OC4(CCC(C(=O)OC(C)C(F)(F)F)CC4)O[C@H]3O[C@@H]21. The van der Waals surface area contributed by atoms with Crippen LogP contribution in [0.3, 0.4) is 0 Å². The number of carbonyl (C=O) groups excluding carboxylic acids is 2. The first-order chi connectivity index (χ1) is 15.3. The van der Waals surface area contributed by atoms with Gasteiger partial charge in [0.25, 0.3) is 0 Å². The van der Waals surface area contributed by atoms with Crippen molar-refractivity contribution in [1.29, 1.82) is 0 Å². The molecule has 1 saturated carbocycles. The first-order valence-corrected chi connectivity index (χ1v) is 11.5. The van der Waals surface area contributed by atoms with Crippen LogP contribution in [0.15, 0.2) is 0 Å². The molecule has 4 aliphatic rings. The maximum Gasteiger partial charge on any atom is 0.425 e. The number of esters is 2. The van der Waals surface area contributed by atoms with Gasteiger partial charge in [0.15, 0.2) is 24.3 Å². The third-order valence-corrected chi connectivity index (χ3v) is 7.24. The zero-order valence-corrected chi connectivity index (χ0v) is 19.2. The van der Waals surface area contributed by atoms with Crippen LogP contribution >= 0.6 is 0 Å². The van der Waals surface area contributed by atoms with Crippen molar-refractivity contribution in [3.05, 3.63) is 0 Å². The highest BCUT2D eigenvalue weighted by Crippen LogP contribution is 2.49. The number of fused-ring (bicyclic) bond motifs is 3. The highest BCUT2D eigenvalue weighted by atomic mass is 19.4. The summed E-state index contributed by atoms with van der Waals surface area (Å²) in [7, 11) is 0. The van der Waals surface area contributed by atoms with Gasteiger partial charge < -0.3 is 28.4 Å². The smallest absolute Gasteiger partial charge is 0.425 e. The molecule has 1 aliphatic carbocycles. The van der Waals surface area contributed by atoms with Crippen molar-refractivity contribution in [2.45, 2.75) is 109 Å². The van der Waals surface area contributed by atoms with Gasteiger partial charge in [0.2, 0.25) is 0 Å². The van der Waals surface area contributed by atoms with Crippen LogP contribution in [-0.2, 0) is 38.0 Å². The Kier molecular flexibility index (Phi) is 6.48. The number of rotatable bonds is 5. The number of hydrogen-bond donors (Lipinski definition) is 0. The van der Waals surface area contributed by atoms with E-state index in [9.17, 15) is 22.8 Å². The first kappa shape index (κ1) is 24.7. The molecule has 4 fully saturated rings. The summed E-state index contributed by atoms with van der Waals surface area (Å²) in [5.41, 5.74) is -0.610. The number of halogens is 3. The fourth-order valence-electron chi connectivity index (χ4n) is 4.55. The van der Waals surface area contributed by atoms with Gasteiger partial charge in [-0.15, -0.1) is 0 Å². The molecule has 1 spiro atoms. The Balaban J connectivity index is 1.29. The van der Waals surface area contributed by atoms with Crippen molar-refractivity contribution >= 4 is 11.9 Å². The van der Waals surface area contributed by atoms with Crippen LogP contribution in [0.2, 0.25) is 0 Å². The molecule has 0 aromatic rings. The molecule has 0 N–H and O–H groups in total. The van der Waals surface area contributed by atoms with Gasteiger partial charge >= 0.3 is 18.1 Å². The van der Waals surface area contributed by atoms with Crippen LogP contribution in [0.1, 0.15) is 59.8 Å². The monoisotopic (exact) mass is 480 g/mol. The lowest BCUT2D eigenvalue weighted by Crippen LogP contribution is -2.43. The van der Waals surface area contributed by atoms with Crippen LogP contribution < -0.4 is 0 Å². The van der Waals surface area contributed by atoms with E-state index in [1.807, 2.05) is 20.8 Å². The molecule has 3 saturated heterocycles. The van der Waals surface area contributed by atoms with Crippen molar-refractivity contribution in [1.82, 2.24) is 0 Å². The maximum absolute atomic E-state index is 12.7. The van der Waals surface area contributed by atoms with Crippen LogP contribution in [0.4, 0.5) is 13.2 Å². The molecule has 3 aliphatic heterocycles. The van der Waals surface area contributed by atoms with Crippen molar-refractivity contribution in [3.63, 3.8) is 0 Å². The molecular weight excluding hydrogens is 449 g/mol. The summed E-state index contributed by atoms with van der Waals surface area (Å²) in [4.78, 5) is 24.6. The minimum atomic E-state index is -4.59. The lowest BCUT2D eigenvalue weighted by atomic mass is 9.85. The van der Waals surface area contributed by atoms with Gasteiger partial charge in [-0.05, 0) is 40.0 Å². The Morgan fingerprint density at radius 1 is 1.09 bits per heavy atom. The van der Waals surface area contributed by atoms with E-state index in [0.29, 0.717) is 19.3 Å². The van der Waals surface area contributed by atoms with E-state index in [0.717, 1.165) is 6.92 Å². The largest absolute Gasteiger partial charge is 0.457 e. The van der Waals surface area contributed by atoms with Crippen LogP contribution in [0.5, 0.6) is 0 Å². The molecule has 0 aromatic heterocycles. The average molecular weight is 480 g/mol. The van der Waals surface area contributed by atoms with Crippen LogP contribution in [0.25, 0.3) is 0 Å². The molecule has 4 rings (SSSR count). The minimum Gasteiger partial charge on any atom is -0.457 e. The van der Waals surface area contributed by atoms with E-state index in [2.05, 4.69) is 4.74 Å². The Hall–Kier alpha value is -1.43. The van der Waals surface area contributed by atoms with Crippen LogP contribution in [0, 0.1) is 11.3 Å². The summed E-state index contributed by atoms with van der Waals surface area (Å²) in [6.07, 6.45) is -7.59. The molecule has 0 bridgehead atoms. The zero-order valence-electron chi connectivity index (χ0n) is 19.2. The van der Waals surface area contributed by atoms with E-state index in [4.69, 9.17) is 23.7 Å². The summed E-state index contributed by atoms with van der Waals surface area (Å²) in [6, 6.07) is 0. The number of ether oxygens (including phenoxy) is 6. The predicted octanol–water partition coefficient (Wildman–Crippen LogP) is 3.25. The van der Waals surface area contributed by atoms with Gasteiger partial charge in [0.05, 0.1) is 17.9 Å². The van der Waals surface area contributed by atoms with Crippen molar-refractivity contribution in [2.24, 2.45) is 11.3 Å². The summed E-state index contributed by atoms with van der Waals surface area (Å²) in [6.45, 7) is 6.57. The normalized spacial score (nSPS) is 39.2. The zero-order chi connectivity index (χ0) is 24.2. The quantitative estimate of drug-likeness (QED) is 0.554. The van der Waals surface area contributed by atoms with Gasteiger partial charge in [-0.1, -0.05) is 6.92 Å². The molecule has 33 heavy (non-hydrogen) atoms. The highest BCUT2D eigenvalue weighted by Gasteiger charge is 2.63. The van der Waals surface area contributed by atoms with Gasteiger partial charge in [-0.25, -0.2) is 0 Å². The van der Waals surface area contributed by atoms with Crippen LogP contribution in [-0.4, -0.2) is 67.3 Å². The highest BCUT2D eigenvalue weighted by molar-refractivity contribution is 5.76. The van der Waals surface area contributed by atoms with E-state index in [1.165, 1.54) is 0 Å². The topological polar surface area (TPSA) is 89.5 Å². The van der Waals surface area contributed by atoms with Crippen molar-refractivity contribution in [2.75, 3.05) is 6.61 Å². The molecule has 0 amide bonds. The number of alkyl halides is 3. The van der Waals surface area contributed by atoms with E-state index in [-0.39, 0.29) is 25.4 Å². The van der Waals surface area contributed by atoms with E-state index >= 15 is 0 Å². The Bertz CT molecular complexity index is 761. The Morgan fingerprint density at radius 3 is 2.36 bits per heavy atom. The molecule has 8 nitrogen and oxygen atoms in total. The van der Waals surface area contributed by atoms with Gasteiger partial charge in [-0.3, -0.25) is 9.59 Å². The molecule has 188 valence electrons. The standard InChI is InChI=1S/C22H31F3O8/c1-5-20(3,4)19(27)30-13-10-28-15-14(13)31-18-16(15)32-21(33-18)8-6-12(7-9-21)17(26)29-11(2)22(23,24)25/h11-16,18H,5-10H2,1-4H3/t11?,12?,13-,14-,15+,16-,18-,21?/m1/s1. The van der Waals surface area contributed by atoms with Crippen molar-refractivity contribution in [3.8, 4) is 0 Å². The van der Waals surface area contributed by atoms with Gasteiger partial charge in [-0.2, -0.15) is 13.2 Å². The molecule has 3 heterocycles. The van der Waals surface area contributed by atoms with E-state index in [1.54, 1.807) is 0 Å². The minimum absolute atomic E-state index is 0.200. The number of hydrogen-bond acceptors (Lipinski definition) is 8. The second-order valence-electron chi connectivity index (χ2n) is 9.95. The Labute approximate surface area is 190 Å². The maximum atomic E-state index is 12.7. The molecule has 6 atom stereocenters. The van der Waals surface area contributed by atoms with E-state index < -0.39 is 66.1 Å². The fourth-order valence-corrected chi connectivity index (χ4v) is 4.55. The van der Waals surface area contributed by atoms with Gasteiger partial charge in [0, 0.05) is 12.8 Å². The second kappa shape index (κ2) is 8.66. The average Bonchev–Trinajstić information content (AvgIpc) is 3.38. The second-order valence-corrected chi connectivity index (χ2v) is 9.95. The Morgan fingerprint density at radius 2 is 1.76 bits per heavy atom. The number of carbonyl (C=O) groups is 2. The molecule has 1 unspecified atom stereocenters. The third-order valence-electron chi connectivity index (χ3n) is 7.24. The summed E-state index contributed by atoms with van der Waals surface area (Å²) in [5.74, 6) is -2.80. The van der Waals surface area contributed by atoms with Crippen molar-refractivity contribution < 1.29 is 51.2 Å². The summed E-state index contributed by atoms with van der Waals surface area (Å²) < 4.78 is 72.3. The fraction of sp³-hybridized carbons (Fsp3) is 0.909. The molecule has 0 radical (unpaired) electrons. The predicted molar refractivity (Wildman–Crippen MR) is 105 cm³/mol. The lowest BCUT2D eigenvalue weighted by molar-refractivity contribution is -0.251. The van der Waals surface area contributed by atoms with Gasteiger partial charge in [0.1, 0.15) is 18.3 Å². The molecular formula is C22H31F3O8. The molecule has 11 heteroatoms.